The number of anilines is 1. The third kappa shape index (κ3) is 3.44. The Kier molecular flexibility index (Phi) is 4.39. The average molecular weight is 328 g/mol. The number of nitrogens with zero attached hydrogens (tertiary/aromatic N) is 2. The number of esters is 1. The Morgan fingerprint density at radius 2 is 2.05 bits per heavy atom. The zero-order valence-electron chi connectivity index (χ0n) is 12.7. The summed E-state index contributed by atoms with van der Waals surface area (Å²) in [5.74, 6) is 0.303. The van der Waals surface area contributed by atoms with Crippen molar-refractivity contribution in [2.45, 2.75) is 40.2 Å². The number of nitrogens with one attached hydrogen (secondary N) is 1. The molecule has 2 aromatic heterocycles. The highest BCUT2D eigenvalue weighted by Crippen LogP contribution is 2.35. The number of hydrogen-bond donors (Lipinski definition) is 1. The second kappa shape index (κ2) is 5.77. The Hall–Kier alpha value is -1.40. The van der Waals surface area contributed by atoms with Crippen LogP contribution in [0.1, 0.15) is 42.9 Å². The first-order valence-electron chi connectivity index (χ1n) is 6.65. The van der Waals surface area contributed by atoms with E-state index in [2.05, 4.69) is 15.3 Å². The number of aromatic nitrogens is 2. The van der Waals surface area contributed by atoms with E-state index < -0.39 is 0 Å². The van der Waals surface area contributed by atoms with Gasteiger partial charge >= 0.3 is 5.97 Å². The van der Waals surface area contributed by atoms with Crippen molar-refractivity contribution >= 4 is 44.9 Å². The van der Waals surface area contributed by atoms with E-state index in [4.69, 9.17) is 16.3 Å². The van der Waals surface area contributed by atoms with Crippen LogP contribution in [-0.4, -0.2) is 28.1 Å². The lowest BCUT2D eigenvalue weighted by atomic mass is 10.1. The minimum atomic E-state index is -0.337. The van der Waals surface area contributed by atoms with Crippen molar-refractivity contribution in [3.63, 3.8) is 0 Å². The van der Waals surface area contributed by atoms with Crippen LogP contribution in [0.2, 0.25) is 5.28 Å². The van der Waals surface area contributed by atoms with Crippen molar-refractivity contribution < 1.29 is 9.53 Å². The molecular formula is C14H18ClN3O2S. The summed E-state index contributed by atoms with van der Waals surface area (Å²) >= 11 is 7.26. The Balaban J connectivity index is 2.62. The maximum absolute atomic E-state index is 12.0. The standard InChI is InChI=1S/C14H18ClN3O2S/c1-6-20-12(19)9-7(2)8-10(18-14(3,4)5)16-13(15)17-11(8)21-9/h6H2,1-5H3,(H,16,17,18). The van der Waals surface area contributed by atoms with Gasteiger partial charge in [0.05, 0.1) is 12.0 Å². The highest BCUT2D eigenvalue weighted by atomic mass is 35.5. The van der Waals surface area contributed by atoms with Gasteiger partial charge in [-0.1, -0.05) is 0 Å². The number of hydrogen-bond acceptors (Lipinski definition) is 6. The Morgan fingerprint density at radius 1 is 1.38 bits per heavy atom. The summed E-state index contributed by atoms with van der Waals surface area (Å²) in [5, 5.41) is 4.29. The van der Waals surface area contributed by atoms with Crippen LogP contribution in [0.5, 0.6) is 0 Å². The van der Waals surface area contributed by atoms with E-state index >= 15 is 0 Å². The van der Waals surface area contributed by atoms with Crippen LogP contribution < -0.4 is 5.32 Å². The highest BCUT2D eigenvalue weighted by Gasteiger charge is 2.23. The Morgan fingerprint density at radius 3 is 2.62 bits per heavy atom. The largest absolute Gasteiger partial charge is 0.462 e. The van der Waals surface area contributed by atoms with Gasteiger partial charge < -0.3 is 10.1 Å². The number of carbonyl (C=O) groups excluding carboxylic acids is 1. The third-order valence-corrected chi connectivity index (χ3v) is 4.05. The van der Waals surface area contributed by atoms with Gasteiger partial charge in [-0.15, -0.1) is 11.3 Å². The molecule has 0 bridgehead atoms. The number of ether oxygens (including phenoxy) is 1. The molecule has 7 heteroatoms. The van der Waals surface area contributed by atoms with Crippen molar-refractivity contribution in [1.82, 2.24) is 9.97 Å². The quantitative estimate of drug-likeness (QED) is 0.681. The molecule has 0 amide bonds. The second-order valence-corrected chi connectivity index (χ2v) is 7.01. The van der Waals surface area contributed by atoms with Crippen molar-refractivity contribution in [2.75, 3.05) is 11.9 Å². The summed E-state index contributed by atoms with van der Waals surface area (Å²) in [6, 6.07) is 0. The first-order chi connectivity index (χ1) is 9.73. The number of carbonyl (C=O) groups is 1. The molecule has 2 heterocycles. The predicted molar refractivity (Wildman–Crippen MR) is 86.5 cm³/mol. The smallest absolute Gasteiger partial charge is 0.348 e. The molecule has 5 nitrogen and oxygen atoms in total. The lowest BCUT2D eigenvalue weighted by Gasteiger charge is -2.22. The van der Waals surface area contributed by atoms with E-state index in [0.717, 1.165) is 10.9 Å². The fourth-order valence-electron chi connectivity index (χ4n) is 1.95. The molecule has 0 spiro atoms. The fourth-order valence-corrected chi connectivity index (χ4v) is 3.24. The van der Waals surface area contributed by atoms with Crippen molar-refractivity contribution in [3.8, 4) is 0 Å². The van der Waals surface area contributed by atoms with Crippen LogP contribution in [0.4, 0.5) is 5.82 Å². The summed E-state index contributed by atoms with van der Waals surface area (Å²) in [5.41, 5.74) is 0.639. The van der Waals surface area contributed by atoms with Gasteiger partial charge in [-0.05, 0) is 51.8 Å². The number of aryl methyl sites for hydroxylation is 1. The minimum Gasteiger partial charge on any atom is -0.462 e. The fraction of sp³-hybridized carbons (Fsp3) is 0.500. The van der Waals surface area contributed by atoms with Crippen molar-refractivity contribution in [2.24, 2.45) is 0 Å². The lowest BCUT2D eigenvalue weighted by molar-refractivity contribution is 0.0531. The van der Waals surface area contributed by atoms with Crippen LogP contribution in [0, 0.1) is 6.92 Å². The van der Waals surface area contributed by atoms with Gasteiger partial charge in [-0.25, -0.2) is 14.8 Å². The summed E-state index contributed by atoms with van der Waals surface area (Å²) < 4.78 is 5.08. The van der Waals surface area contributed by atoms with Gasteiger partial charge in [0, 0.05) is 5.54 Å². The van der Waals surface area contributed by atoms with E-state index in [0.29, 0.717) is 22.1 Å². The molecule has 0 aliphatic heterocycles. The molecule has 0 saturated carbocycles. The molecule has 0 unspecified atom stereocenters. The van der Waals surface area contributed by atoms with Crippen LogP contribution in [0.25, 0.3) is 10.2 Å². The van der Waals surface area contributed by atoms with E-state index in [-0.39, 0.29) is 16.8 Å². The molecule has 0 aromatic carbocycles. The molecule has 0 saturated heterocycles. The molecule has 21 heavy (non-hydrogen) atoms. The zero-order valence-corrected chi connectivity index (χ0v) is 14.3. The normalized spacial score (nSPS) is 11.7. The van der Waals surface area contributed by atoms with Crippen molar-refractivity contribution in [1.29, 1.82) is 0 Å². The van der Waals surface area contributed by atoms with Crippen LogP contribution in [-0.2, 0) is 4.74 Å². The molecule has 2 rings (SSSR count). The predicted octanol–water partition coefficient (Wildman–Crippen LogP) is 4.04. The van der Waals surface area contributed by atoms with Crippen LogP contribution in [0.3, 0.4) is 0 Å². The summed E-state index contributed by atoms with van der Waals surface area (Å²) in [6.45, 7) is 10.1. The SMILES string of the molecule is CCOC(=O)c1sc2nc(Cl)nc(NC(C)(C)C)c2c1C. The van der Waals surface area contributed by atoms with E-state index in [1.54, 1.807) is 6.92 Å². The number of fused-ring (bicyclic) bond motifs is 1. The topological polar surface area (TPSA) is 64.1 Å². The van der Waals surface area contributed by atoms with Gasteiger partial charge in [-0.2, -0.15) is 0 Å². The molecule has 0 atom stereocenters. The lowest BCUT2D eigenvalue weighted by Crippen LogP contribution is -2.27. The Labute approximate surface area is 132 Å². The first kappa shape index (κ1) is 16.0. The van der Waals surface area contributed by atoms with Crippen molar-refractivity contribution in [3.05, 3.63) is 15.7 Å². The Bertz CT molecular complexity index is 692. The van der Waals surface area contributed by atoms with Gasteiger partial charge in [0.25, 0.3) is 0 Å². The molecule has 0 aliphatic rings. The van der Waals surface area contributed by atoms with Gasteiger partial charge in [-0.3, -0.25) is 0 Å². The zero-order chi connectivity index (χ0) is 15.8. The monoisotopic (exact) mass is 327 g/mol. The third-order valence-electron chi connectivity index (χ3n) is 2.72. The summed E-state index contributed by atoms with van der Waals surface area (Å²) in [6.07, 6.45) is 0. The highest BCUT2D eigenvalue weighted by molar-refractivity contribution is 7.20. The molecule has 0 fully saturated rings. The minimum absolute atomic E-state index is 0.158. The van der Waals surface area contributed by atoms with Gasteiger partial charge in [0.2, 0.25) is 5.28 Å². The molecule has 0 aliphatic carbocycles. The van der Waals surface area contributed by atoms with Crippen LogP contribution in [0.15, 0.2) is 0 Å². The molecule has 0 radical (unpaired) electrons. The second-order valence-electron chi connectivity index (χ2n) is 5.67. The first-order valence-corrected chi connectivity index (χ1v) is 7.84. The van der Waals surface area contributed by atoms with Crippen LogP contribution >= 0.6 is 22.9 Å². The van der Waals surface area contributed by atoms with E-state index in [1.807, 2.05) is 27.7 Å². The van der Waals surface area contributed by atoms with Gasteiger partial charge in [0.15, 0.2) is 0 Å². The molecule has 2 aromatic rings. The molecule has 1 N–H and O–H groups in total. The average Bonchev–Trinajstić information content (AvgIpc) is 2.64. The summed E-state index contributed by atoms with van der Waals surface area (Å²) in [7, 11) is 0. The number of thiophene rings is 1. The number of halogens is 1. The molecule has 114 valence electrons. The number of rotatable bonds is 3. The summed E-state index contributed by atoms with van der Waals surface area (Å²) in [4.78, 5) is 21.7. The van der Waals surface area contributed by atoms with Gasteiger partial charge in [0.1, 0.15) is 15.5 Å². The van der Waals surface area contributed by atoms with E-state index in [1.165, 1.54) is 11.3 Å². The maximum atomic E-state index is 12.0. The van der Waals surface area contributed by atoms with E-state index in [9.17, 15) is 4.79 Å². The maximum Gasteiger partial charge on any atom is 0.348 e. The molecular weight excluding hydrogens is 310 g/mol.